The van der Waals surface area contributed by atoms with E-state index >= 15 is 0 Å². The Labute approximate surface area is 245 Å². The van der Waals surface area contributed by atoms with Crippen LogP contribution in [0.2, 0.25) is 0 Å². The number of rotatable bonds is 9. The quantitative estimate of drug-likeness (QED) is 0.180. The van der Waals surface area contributed by atoms with Gasteiger partial charge in [-0.05, 0) is 61.5 Å². The molecule has 1 aromatic carbocycles. The predicted molar refractivity (Wildman–Crippen MR) is 170 cm³/mol. The van der Waals surface area contributed by atoms with Gasteiger partial charge in [-0.25, -0.2) is 4.98 Å². The molecule has 2 atom stereocenters. The minimum absolute atomic E-state index is 0.0670. The van der Waals surface area contributed by atoms with Crippen molar-refractivity contribution >= 4 is 28.3 Å². The van der Waals surface area contributed by atoms with E-state index in [2.05, 4.69) is 66.9 Å². The van der Waals surface area contributed by atoms with Crippen LogP contribution in [0.5, 0.6) is 0 Å². The van der Waals surface area contributed by atoms with Crippen molar-refractivity contribution < 1.29 is 14.8 Å². The maximum Gasteiger partial charge on any atom is 0.300 e. The van der Waals surface area contributed by atoms with E-state index in [4.69, 9.17) is 9.90 Å². The lowest BCUT2D eigenvalue weighted by Gasteiger charge is -2.31. The number of aromatic amines is 1. The molecular formula is C34H47N3O4. The number of imidazole rings is 1. The topological polar surface area (TPSA) is 109 Å². The van der Waals surface area contributed by atoms with Gasteiger partial charge in [0.2, 0.25) is 0 Å². The lowest BCUT2D eigenvalue weighted by atomic mass is 9.74. The van der Waals surface area contributed by atoms with Crippen LogP contribution in [0, 0.1) is 27.9 Å². The fraction of sp³-hybridized carbons (Fsp3) is 0.471. The van der Waals surface area contributed by atoms with Crippen molar-refractivity contribution in [1.29, 1.82) is 0 Å². The van der Waals surface area contributed by atoms with Gasteiger partial charge in [-0.15, -0.1) is 6.58 Å². The van der Waals surface area contributed by atoms with Crippen LogP contribution >= 0.6 is 0 Å². The van der Waals surface area contributed by atoms with Crippen LogP contribution in [0.1, 0.15) is 91.8 Å². The van der Waals surface area contributed by atoms with Crippen molar-refractivity contribution in [3.8, 4) is 0 Å². The van der Waals surface area contributed by atoms with Crippen LogP contribution in [0.4, 0.5) is 5.69 Å². The van der Waals surface area contributed by atoms with Crippen LogP contribution in [0.15, 0.2) is 72.4 Å². The number of nitrogens with zero attached hydrogens (tertiary/aromatic N) is 2. The van der Waals surface area contributed by atoms with Crippen molar-refractivity contribution in [2.24, 2.45) is 17.8 Å². The number of carbonyl (C=O) groups is 1. The van der Waals surface area contributed by atoms with E-state index in [0.717, 1.165) is 49.0 Å². The van der Waals surface area contributed by atoms with E-state index in [1.807, 2.05) is 13.8 Å². The smallest absolute Gasteiger partial charge is 0.300 e. The number of hydrogen-bond acceptors (Lipinski definition) is 4. The monoisotopic (exact) mass is 561 g/mol. The second-order valence-electron chi connectivity index (χ2n) is 10.5. The first-order valence-corrected chi connectivity index (χ1v) is 14.9. The molecule has 0 saturated heterocycles. The van der Waals surface area contributed by atoms with Gasteiger partial charge in [0.1, 0.15) is 5.82 Å². The number of nitro benzene ring substituents is 1. The van der Waals surface area contributed by atoms with Crippen LogP contribution in [0.3, 0.4) is 0 Å². The molecule has 2 unspecified atom stereocenters. The van der Waals surface area contributed by atoms with Crippen LogP contribution < -0.4 is 0 Å². The molecule has 1 fully saturated rings. The predicted octanol–water partition coefficient (Wildman–Crippen LogP) is 9.60. The Balaban J connectivity index is 0.000000902. The standard InChI is InChI=1S/C30H37N3O2.C2H4O2.C2H6/c1-4-22(18-21(3)27(5-2)24-11-7-6-8-12-24)19-23-10-9-13-25(15-14-23)30-31-28-17-16-26(33(34)35)20-29(28)32-30;1-2(3)4;1-2/h5,10,13-18,20-21,24,27H,2,4,6-9,11-12,19H2,1,3H3,(H,31,32);1H3,(H,3,4);1-2H3/b22-18+;;. The Morgan fingerprint density at radius 1 is 1.22 bits per heavy atom. The molecule has 41 heavy (non-hydrogen) atoms. The summed E-state index contributed by atoms with van der Waals surface area (Å²) in [4.78, 5) is 27.6. The van der Waals surface area contributed by atoms with Crippen molar-refractivity contribution in [3.05, 3.63) is 88.3 Å². The highest BCUT2D eigenvalue weighted by Crippen LogP contribution is 2.36. The van der Waals surface area contributed by atoms with Gasteiger partial charge in [0, 0.05) is 24.6 Å². The number of allylic oxidation sites excluding steroid dienone is 9. The lowest BCUT2D eigenvalue weighted by molar-refractivity contribution is -0.384. The summed E-state index contributed by atoms with van der Waals surface area (Å²) in [5, 5.41) is 18.5. The Hall–Kier alpha value is -3.74. The van der Waals surface area contributed by atoms with Gasteiger partial charge in [-0.3, -0.25) is 14.9 Å². The third-order valence-electron chi connectivity index (χ3n) is 7.60. The minimum atomic E-state index is -0.833. The van der Waals surface area contributed by atoms with E-state index in [0.29, 0.717) is 17.4 Å². The second kappa shape index (κ2) is 17.2. The molecule has 1 aromatic heterocycles. The molecule has 7 heteroatoms. The Morgan fingerprint density at radius 3 is 2.51 bits per heavy atom. The van der Waals surface area contributed by atoms with Gasteiger partial charge >= 0.3 is 0 Å². The lowest BCUT2D eigenvalue weighted by Crippen LogP contribution is -2.21. The normalized spacial score (nSPS) is 17.0. The molecule has 2 aliphatic rings. The zero-order chi connectivity index (χ0) is 30.4. The SMILES string of the molecule is C=CC(C(C)/C=C(\CC)CC1=CCC=C(c2nc3ccc([N+](=O)[O-])cc3[nH]2)C=C1)C1CCCCC1.CC.CC(=O)O. The summed E-state index contributed by atoms with van der Waals surface area (Å²) >= 11 is 0. The van der Waals surface area contributed by atoms with E-state index in [-0.39, 0.29) is 10.6 Å². The molecular weight excluding hydrogens is 514 g/mol. The highest BCUT2D eigenvalue weighted by molar-refractivity contribution is 5.83. The third kappa shape index (κ3) is 10.3. The summed E-state index contributed by atoms with van der Waals surface area (Å²) in [6, 6.07) is 4.73. The molecule has 2 aliphatic carbocycles. The fourth-order valence-corrected chi connectivity index (χ4v) is 5.63. The number of carboxylic acids is 1. The molecule has 0 radical (unpaired) electrons. The summed E-state index contributed by atoms with van der Waals surface area (Å²) in [5.74, 6) is 1.76. The fourth-order valence-electron chi connectivity index (χ4n) is 5.63. The van der Waals surface area contributed by atoms with Crippen molar-refractivity contribution in [2.75, 3.05) is 0 Å². The summed E-state index contributed by atoms with van der Waals surface area (Å²) in [6.45, 7) is 13.9. The Kier molecular flexibility index (Phi) is 14.0. The highest BCUT2D eigenvalue weighted by atomic mass is 16.6. The summed E-state index contributed by atoms with van der Waals surface area (Å²) < 4.78 is 0. The van der Waals surface area contributed by atoms with Crippen LogP contribution in [-0.4, -0.2) is 26.0 Å². The number of nitro groups is 1. The van der Waals surface area contributed by atoms with E-state index in [1.165, 1.54) is 49.3 Å². The second-order valence-corrected chi connectivity index (χ2v) is 10.5. The van der Waals surface area contributed by atoms with Crippen LogP contribution in [0.25, 0.3) is 16.6 Å². The van der Waals surface area contributed by atoms with Gasteiger partial charge in [0.25, 0.3) is 11.7 Å². The van der Waals surface area contributed by atoms with Crippen molar-refractivity contribution in [2.45, 2.75) is 86.0 Å². The average Bonchev–Trinajstić information content (AvgIpc) is 3.25. The van der Waals surface area contributed by atoms with Crippen LogP contribution in [-0.2, 0) is 4.79 Å². The van der Waals surface area contributed by atoms with Crippen molar-refractivity contribution in [3.63, 3.8) is 0 Å². The summed E-state index contributed by atoms with van der Waals surface area (Å²) in [6.07, 6.45) is 23.1. The summed E-state index contributed by atoms with van der Waals surface area (Å²) in [5.41, 5.74) is 5.29. The molecule has 1 saturated carbocycles. The number of carboxylic acid groups (broad SMARTS) is 1. The Morgan fingerprint density at radius 2 is 1.90 bits per heavy atom. The van der Waals surface area contributed by atoms with Gasteiger partial charge in [-0.1, -0.05) is 89.0 Å². The maximum absolute atomic E-state index is 11.1. The zero-order valence-corrected chi connectivity index (χ0v) is 25.4. The number of fused-ring (bicyclic) bond motifs is 1. The number of nitrogens with one attached hydrogen (secondary N) is 1. The Bertz CT molecular complexity index is 1290. The number of benzene rings is 1. The van der Waals surface area contributed by atoms with Gasteiger partial charge in [0.15, 0.2) is 0 Å². The van der Waals surface area contributed by atoms with E-state index in [1.54, 1.807) is 12.1 Å². The number of aliphatic carboxylic acids is 1. The minimum Gasteiger partial charge on any atom is -0.481 e. The molecule has 0 amide bonds. The molecule has 1 heterocycles. The first-order valence-electron chi connectivity index (χ1n) is 14.9. The van der Waals surface area contributed by atoms with Crippen molar-refractivity contribution in [1.82, 2.24) is 9.97 Å². The largest absolute Gasteiger partial charge is 0.481 e. The van der Waals surface area contributed by atoms with E-state index < -0.39 is 5.97 Å². The number of H-pyrrole nitrogens is 1. The molecule has 4 rings (SSSR count). The first-order chi connectivity index (χ1) is 19.7. The zero-order valence-electron chi connectivity index (χ0n) is 25.4. The summed E-state index contributed by atoms with van der Waals surface area (Å²) in [7, 11) is 0. The molecule has 0 bridgehead atoms. The number of aromatic nitrogens is 2. The van der Waals surface area contributed by atoms with Gasteiger partial charge < -0.3 is 10.1 Å². The molecule has 222 valence electrons. The maximum atomic E-state index is 11.1. The van der Waals surface area contributed by atoms with E-state index in [9.17, 15) is 10.1 Å². The van der Waals surface area contributed by atoms with Gasteiger partial charge in [-0.2, -0.15) is 0 Å². The molecule has 0 spiro atoms. The van der Waals surface area contributed by atoms with Gasteiger partial charge in [0.05, 0.1) is 16.0 Å². The average molecular weight is 562 g/mol. The molecule has 2 aromatic rings. The number of hydrogen-bond donors (Lipinski definition) is 2. The molecule has 7 nitrogen and oxygen atoms in total. The first kappa shape index (κ1) is 33.5. The molecule has 2 N–H and O–H groups in total. The highest BCUT2D eigenvalue weighted by Gasteiger charge is 2.25. The third-order valence-corrected chi connectivity index (χ3v) is 7.60. The molecule has 0 aliphatic heterocycles. The number of non-ortho nitro benzene ring substituents is 1.